The number of urea groups is 1. The van der Waals surface area contributed by atoms with Crippen LogP contribution in [0.3, 0.4) is 0 Å². The fourth-order valence-electron chi connectivity index (χ4n) is 3.05. The molecule has 3 N–H and O–H groups in total. The molecule has 0 saturated carbocycles. The van der Waals surface area contributed by atoms with Gasteiger partial charge >= 0.3 is 6.03 Å². The molecule has 0 fully saturated rings. The number of fused-ring (bicyclic) bond motifs is 1. The van der Waals surface area contributed by atoms with Crippen LogP contribution in [0.25, 0.3) is 11.0 Å². The number of carbonyl (C=O) groups is 1. The number of aryl methyl sites for hydroxylation is 2. The molecule has 0 saturated heterocycles. The van der Waals surface area contributed by atoms with Crippen LogP contribution in [0.2, 0.25) is 0 Å². The molecule has 8 heteroatoms. The highest BCUT2D eigenvalue weighted by atomic mass is 16.5. The predicted octanol–water partition coefficient (Wildman–Crippen LogP) is 5.02. The van der Waals surface area contributed by atoms with E-state index in [2.05, 4.69) is 25.6 Å². The Kier molecular flexibility index (Phi) is 5.21. The second-order valence-corrected chi connectivity index (χ2v) is 6.71. The summed E-state index contributed by atoms with van der Waals surface area (Å²) in [4.78, 5) is 24.0. The third-order valence-corrected chi connectivity index (χ3v) is 4.71. The average Bonchev–Trinajstić information content (AvgIpc) is 3.04. The van der Waals surface area contributed by atoms with E-state index >= 15 is 0 Å². The van der Waals surface area contributed by atoms with Crippen LogP contribution < -0.4 is 20.1 Å². The van der Waals surface area contributed by atoms with Gasteiger partial charge in [0, 0.05) is 23.1 Å². The summed E-state index contributed by atoms with van der Waals surface area (Å²) in [7, 11) is 1.58. The molecule has 0 unspecified atom stereocenters. The lowest BCUT2D eigenvalue weighted by Gasteiger charge is -2.10. The van der Waals surface area contributed by atoms with Crippen LogP contribution in [0.5, 0.6) is 17.4 Å². The van der Waals surface area contributed by atoms with Crippen molar-refractivity contribution in [2.24, 2.45) is 0 Å². The van der Waals surface area contributed by atoms with Crippen molar-refractivity contribution in [3.8, 4) is 17.4 Å². The van der Waals surface area contributed by atoms with Crippen molar-refractivity contribution < 1.29 is 14.3 Å². The minimum absolute atomic E-state index is 0.354. The van der Waals surface area contributed by atoms with Crippen molar-refractivity contribution in [1.82, 2.24) is 15.0 Å². The van der Waals surface area contributed by atoms with Crippen LogP contribution in [-0.4, -0.2) is 28.1 Å². The summed E-state index contributed by atoms with van der Waals surface area (Å²) in [5.74, 6) is 1.76. The van der Waals surface area contributed by atoms with E-state index in [1.807, 2.05) is 19.9 Å². The summed E-state index contributed by atoms with van der Waals surface area (Å²) < 4.78 is 11.1. The molecule has 30 heavy (non-hydrogen) atoms. The van der Waals surface area contributed by atoms with Crippen molar-refractivity contribution in [2.45, 2.75) is 13.8 Å². The molecule has 2 aromatic carbocycles. The van der Waals surface area contributed by atoms with E-state index < -0.39 is 0 Å². The van der Waals surface area contributed by atoms with Gasteiger partial charge in [0.2, 0.25) is 5.88 Å². The number of nitrogens with zero attached hydrogens (tertiary/aromatic N) is 2. The fourth-order valence-corrected chi connectivity index (χ4v) is 3.05. The number of H-pyrrole nitrogens is 1. The third kappa shape index (κ3) is 4.02. The van der Waals surface area contributed by atoms with Crippen molar-refractivity contribution in [3.05, 3.63) is 66.1 Å². The molecule has 0 aliphatic heterocycles. The minimum Gasteiger partial charge on any atom is -0.497 e. The second kappa shape index (κ2) is 8.12. The molecule has 0 aliphatic rings. The lowest BCUT2D eigenvalue weighted by atomic mass is 10.2. The Bertz CT molecular complexity index is 1200. The van der Waals surface area contributed by atoms with Gasteiger partial charge in [-0.2, -0.15) is 0 Å². The first-order valence-electron chi connectivity index (χ1n) is 9.33. The summed E-state index contributed by atoms with van der Waals surface area (Å²) in [5.41, 5.74) is 4.08. The molecule has 4 rings (SSSR count). The standard InChI is InChI=1S/C22H21N5O3/c1-13-14(2)25-20-19(13)21(24-12-23-20)30-17-9-7-15(8-10-17)26-22(28)27-16-5-4-6-18(11-16)29-3/h4-12H,1-3H3,(H,23,24,25)(H2,26,27,28). The van der Waals surface area contributed by atoms with Gasteiger partial charge in [0.15, 0.2) is 0 Å². The van der Waals surface area contributed by atoms with Gasteiger partial charge in [0.25, 0.3) is 0 Å². The largest absolute Gasteiger partial charge is 0.497 e. The minimum atomic E-state index is -0.354. The summed E-state index contributed by atoms with van der Waals surface area (Å²) >= 11 is 0. The number of carbonyl (C=O) groups excluding carboxylic acids is 1. The zero-order chi connectivity index (χ0) is 21.1. The zero-order valence-electron chi connectivity index (χ0n) is 16.8. The van der Waals surface area contributed by atoms with Crippen LogP contribution in [0.4, 0.5) is 16.2 Å². The molecule has 0 spiro atoms. The Labute approximate surface area is 173 Å². The monoisotopic (exact) mass is 403 g/mol. The normalized spacial score (nSPS) is 10.6. The van der Waals surface area contributed by atoms with Gasteiger partial charge < -0.3 is 25.1 Å². The predicted molar refractivity (Wildman–Crippen MR) is 116 cm³/mol. The first kappa shape index (κ1) is 19.3. The van der Waals surface area contributed by atoms with E-state index in [1.54, 1.807) is 49.6 Å². The molecule has 4 aromatic rings. The van der Waals surface area contributed by atoms with Gasteiger partial charge in [0.05, 0.1) is 12.5 Å². The quantitative estimate of drug-likeness (QED) is 0.434. The number of anilines is 2. The molecule has 0 bridgehead atoms. The summed E-state index contributed by atoms with van der Waals surface area (Å²) in [6.45, 7) is 3.98. The van der Waals surface area contributed by atoms with Gasteiger partial charge in [-0.25, -0.2) is 14.8 Å². The summed E-state index contributed by atoms with van der Waals surface area (Å²) in [6, 6.07) is 13.8. The highest BCUT2D eigenvalue weighted by Crippen LogP contribution is 2.31. The van der Waals surface area contributed by atoms with Gasteiger partial charge in [-0.1, -0.05) is 6.07 Å². The maximum absolute atomic E-state index is 12.2. The number of aromatic amines is 1. The Balaban J connectivity index is 1.44. The van der Waals surface area contributed by atoms with Crippen LogP contribution >= 0.6 is 0 Å². The number of methoxy groups -OCH3 is 1. The Morgan fingerprint density at radius 1 is 0.967 bits per heavy atom. The van der Waals surface area contributed by atoms with Crippen molar-refractivity contribution in [2.75, 3.05) is 17.7 Å². The second-order valence-electron chi connectivity index (χ2n) is 6.71. The maximum Gasteiger partial charge on any atom is 0.323 e. The summed E-state index contributed by atoms with van der Waals surface area (Å²) in [5, 5.41) is 6.41. The van der Waals surface area contributed by atoms with Gasteiger partial charge in [-0.3, -0.25) is 0 Å². The van der Waals surface area contributed by atoms with Gasteiger partial charge in [-0.05, 0) is 55.8 Å². The van der Waals surface area contributed by atoms with Crippen molar-refractivity contribution in [1.29, 1.82) is 0 Å². The lowest BCUT2D eigenvalue weighted by molar-refractivity contribution is 0.262. The van der Waals surface area contributed by atoms with Gasteiger partial charge in [0.1, 0.15) is 23.5 Å². The molecule has 0 atom stereocenters. The molecule has 0 radical (unpaired) electrons. The number of aromatic nitrogens is 3. The van der Waals surface area contributed by atoms with Crippen LogP contribution in [-0.2, 0) is 0 Å². The van der Waals surface area contributed by atoms with Crippen LogP contribution in [0.1, 0.15) is 11.3 Å². The molecule has 2 heterocycles. The molecule has 152 valence electrons. The first-order valence-corrected chi connectivity index (χ1v) is 9.33. The topological polar surface area (TPSA) is 101 Å². The van der Waals surface area contributed by atoms with E-state index in [1.165, 1.54) is 6.33 Å². The van der Waals surface area contributed by atoms with Crippen molar-refractivity contribution in [3.63, 3.8) is 0 Å². The van der Waals surface area contributed by atoms with Crippen LogP contribution in [0.15, 0.2) is 54.9 Å². The van der Waals surface area contributed by atoms with E-state index in [0.29, 0.717) is 28.8 Å². The number of hydrogen-bond acceptors (Lipinski definition) is 5. The Morgan fingerprint density at radius 2 is 1.73 bits per heavy atom. The first-order chi connectivity index (χ1) is 14.5. The Hall–Kier alpha value is -4.07. The lowest BCUT2D eigenvalue weighted by Crippen LogP contribution is -2.19. The highest BCUT2D eigenvalue weighted by Gasteiger charge is 2.13. The molecular weight excluding hydrogens is 382 g/mol. The SMILES string of the molecule is COc1cccc(NC(=O)Nc2ccc(Oc3ncnc4[nH]c(C)c(C)c34)cc2)c1. The van der Waals surface area contributed by atoms with E-state index in [9.17, 15) is 4.79 Å². The number of hydrogen-bond donors (Lipinski definition) is 3. The molecule has 8 nitrogen and oxygen atoms in total. The summed E-state index contributed by atoms with van der Waals surface area (Å²) in [6.07, 6.45) is 1.46. The fraction of sp³-hybridized carbons (Fsp3) is 0.136. The number of ether oxygens (including phenoxy) is 2. The van der Waals surface area contributed by atoms with E-state index in [-0.39, 0.29) is 6.03 Å². The number of amides is 2. The van der Waals surface area contributed by atoms with E-state index in [0.717, 1.165) is 22.3 Å². The highest BCUT2D eigenvalue weighted by molar-refractivity contribution is 5.99. The average molecular weight is 403 g/mol. The molecule has 2 aromatic heterocycles. The number of benzene rings is 2. The molecular formula is C22H21N5O3. The smallest absolute Gasteiger partial charge is 0.323 e. The third-order valence-electron chi connectivity index (χ3n) is 4.71. The zero-order valence-corrected chi connectivity index (χ0v) is 16.8. The van der Waals surface area contributed by atoms with E-state index in [4.69, 9.17) is 9.47 Å². The molecule has 2 amide bonds. The van der Waals surface area contributed by atoms with Crippen LogP contribution in [0, 0.1) is 13.8 Å². The maximum atomic E-state index is 12.2. The van der Waals surface area contributed by atoms with Gasteiger partial charge in [-0.15, -0.1) is 0 Å². The number of rotatable bonds is 5. The molecule has 0 aliphatic carbocycles. The van der Waals surface area contributed by atoms with Crippen molar-refractivity contribution >= 4 is 28.4 Å². The Morgan fingerprint density at radius 3 is 2.50 bits per heavy atom. The number of nitrogens with one attached hydrogen (secondary N) is 3.